The Hall–Kier alpha value is -2.89. The number of nitrogens with zero attached hydrogens (tertiary/aromatic N) is 3. The van der Waals surface area contributed by atoms with Crippen LogP contribution in [0.2, 0.25) is 0 Å². The molecule has 6 heteroatoms. The van der Waals surface area contributed by atoms with Crippen molar-refractivity contribution in [2.75, 3.05) is 6.61 Å². The molecule has 2 aromatic carbocycles. The normalized spacial score (nSPS) is 10.8. The molecule has 0 amide bonds. The van der Waals surface area contributed by atoms with Gasteiger partial charge in [0.05, 0.1) is 12.1 Å². The summed E-state index contributed by atoms with van der Waals surface area (Å²) in [5, 5.41) is 17.3. The minimum absolute atomic E-state index is 0.190. The molecule has 0 bridgehead atoms. The van der Waals surface area contributed by atoms with Gasteiger partial charge in [-0.1, -0.05) is 29.5 Å². The van der Waals surface area contributed by atoms with Crippen LogP contribution < -0.4 is 4.74 Å². The Labute approximate surface area is 133 Å². The van der Waals surface area contributed by atoms with E-state index in [1.54, 1.807) is 24.3 Å². The fourth-order valence-corrected chi connectivity index (χ4v) is 2.40. The molecule has 0 fully saturated rings. The summed E-state index contributed by atoms with van der Waals surface area (Å²) in [5.74, 6) is -0.569. The average molecular weight is 311 g/mol. The molecule has 0 saturated heterocycles. The first-order chi connectivity index (χ1) is 11.3. The van der Waals surface area contributed by atoms with E-state index in [4.69, 9.17) is 9.84 Å². The van der Waals surface area contributed by atoms with Gasteiger partial charge in [0, 0.05) is 6.54 Å². The van der Waals surface area contributed by atoms with Crippen LogP contribution in [-0.4, -0.2) is 32.7 Å². The van der Waals surface area contributed by atoms with E-state index in [2.05, 4.69) is 10.3 Å². The minimum atomic E-state index is -0.977. The Morgan fingerprint density at radius 3 is 2.74 bits per heavy atom. The molecule has 3 aromatic rings. The first-order valence-corrected chi connectivity index (χ1v) is 7.49. The van der Waals surface area contributed by atoms with Crippen LogP contribution in [0.15, 0.2) is 48.5 Å². The SMILES string of the molecule is O=C(O)c1ccccc1OCCCCn1nnc2ccccc21. The van der Waals surface area contributed by atoms with E-state index in [1.807, 2.05) is 28.9 Å². The molecule has 23 heavy (non-hydrogen) atoms. The topological polar surface area (TPSA) is 77.2 Å². The molecule has 1 N–H and O–H groups in total. The zero-order valence-electron chi connectivity index (χ0n) is 12.6. The van der Waals surface area contributed by atoms with Gasteiger partial charge in [0.15, 0.2) is 0 Å². The van der Waals surface area contributed by atoms with Gasteiger partial charge in [-0.2, -0.15) is 0 Å². The van der Waals surface area contributed by atoms with E-state index in [0.29, 0.717) is 12.4 Å². The number of fused-ring (bicyclic) bond motifs is 1. The van der Waals surface area contributed by atoms with Crippen molar-refractivity contribution in [2.45, 2.75) is 19.4 Å². The maximum absolute atomic E-state index is 11.1. The Morgan fingerprint density at radius 1 is 1.09 bits per heavy atom. The van der Waals surface area contributed by atoms with E-state index < -0.39 is 5.97 Å². The van der Waals surface area contributed by atoms with Gasteiger partial charge < -0.3 is 9.84 Å². The maximum atomic E-state index is 11.1. The van der Waals surface area contributed by atoms with Gasteiger partial charge in [0.1, 0.15) is 16.8 Å². The number of hydrogen-bond donors (Lipinski definition) is 1. The van der Waals surface area contributed by atoms with E-state index in [1.165, 1.54) is 0 Å². The number of ether oxygens (including phenoxy) is 1. The first kappa shape index (κ1) is 15.0. The second kappa shape index (κ2) is 6.91. The fraction of sp³-hybridized carbons (Fsp3) is 0.235. The van der Waals surface area contributed by atoms with Gasteiger partial charge in [0.25, 0.3) is 0 Å². The van der Waals surface area contributed by atoms with Crippen LogP contribution >= 0.6 is 0 Å². The van der Waals surface area contributed by atoms with Crippen LogP contribution in [0.25, 0.3) is 11.0 Å². The molecule has 118 valence electrons. The number of hydrogen-bond acceptors (Lipinski definition) is 4. The summed E-state index contributed by atoms with van der Waals surface area (Å²) >= 11 is 0. The number of unbranched alkanes of at least 4 members (excludes halogenated alkanes) is 1. The Balaban J connectivity index is 1.50. The van der Waals surface area contributed by atoms with Crippen LogP contribution in [0.5, 0.6) is 5.75 Å². The fourth-order valence-electron chi connectivity index (χ4n) is 2.40. The Kier molecular flexibility index (Phi) is 4.52. The lowest BCUT2D eigenvalue weighted by Crippen LogP contribution is -2.06. The quantitative estimate of drug-likeness (QED) is 0.679. The molecule has 0 aliphatic heterocycles. The molecule has 1 aromatic heterocycles. The lowest BCUT2D eigenvalue weighted by atomic mass is 10.2. The van der Waals surface area contributed by atoms with E-state index in [9.17, 15) is 4.79 Å². The van der Waals surface area contributed by atoms with Crippen LogP contribution in [0.3, 0.4) is 0 Å². The number of carboxylic acids is 1. The molecular weight excluding hydrogens is 294 g/mol. The van der Waals surface area contributed by atoms with Crippen molar-refractivity contribution in [2.24, 2.45) is 0 Å². The molecule has 1 heterocycles. The van der Waals surface area contributed by atoms with Crippen molar-refractivity contribution in [1.82, 2.24) is 15.0 Å². The van der Waals surface area contributed by atoms with Crippen molar-refractivity contribution in [3.63, 3.8) is 0 Å². The third-order valence-electron chi connectivity index (χ3n) is 3.56. The average Bonchev–Trinajstić information content (AvgIpc) is 2.98. The molecule has 3 rings (SSSR count). The van der Waals surface area contributed by atoms with Crippen LogP contribution in [0, 0.1) is 0 Å². The van der Waals surface area contributed by atoms with Crippen LogP contribution in [-0.2, 0) is 6.54 Å². The molecule has 0 atom stereocenters. The van der Waals surface area contributed by atoms with Crippen molar-refractivity contribution < 1.29 is 14.6 Å². The number of aryl methyl sites for hydroxylation is 1. The Bertz CT molecular complexity index is 813. The largest absolute Gasteiger partial charge is 0.493 e. The molecule has 0 radical (unpaired) electrons. The van der Waals surface area contributed by atoms with E-state index >= 15 is 0 Å². The lowest BCUT2D eigenvalue weighted by molar-refractivity contribution is 0.0692. The zero-order chi connectivity index (χ0) is 16.1. The number of aromatic carboxylic acids is 1. The highest BCUT2D eigenvalue weighted by molar-refractivity contribution is 5.90. The van der Waals surface area contributed by atoms with Gasteiger partial charge in [-0.3, -0.25) is 0 Å². The second-order valence-electron chi connectivity index (χ2n) is 5.16. The van der Waals surface area contributed by atoms with Gasteiger partial charge in [-0.05, 0) is 37.1 Å². The second-order valence-corrected chi connectivity index (χ2v) is 5.16. The van der Waals surface area contributed by atoms with Crippen molar-refractivity contribution in [3.8, 4) is 5.75 Å². The third-order valence-corrected chi connectivity index (χ3v) is 3.56. The summed E-state index contributed by atoms with van der Waals surface area (Å²) in [4.78, 5) is 11.1. The summed E-state index contributed by atoms with van der Waals surface area (Å²) < 4.78 is 7.45. The predicted molar refractivity (Wildman–Crippen MR) is 85.7 cm³/mol. The highest BCUT2D eigenvalue weighted by atomic mass is 16.5. The molecule has 0 unspecified atom stereocenters. The summed E-state index contributed by atoms with van der Waals surface area (Å²) in [6, 6.07) is 14.5. The third kappa shape index (κ3) is 3.48. The van der Waals surface area contributed by atoms with E-state index in [-0.39, 0.29) is 5.56 Å². The number of carbonyl (C=O) groups is 1. The zero-order valence-corrected chi connectivity index (χ0v) is 12.6. The molecule has 0 aliphatic rings. The molecular formula is C17H17N3O3. The van der Waals surface area contributed by atoms with Crippen LogP contribution in [0.4, 0.5) is 0 Å². The van der Waals surface area contributed by atoms with Gasteiger partial charge in [-0.15, -0.1) is 5.10 Å². The summed E-state index contributed by atoms with van der Waals surface area (Å²) in [7, 11) is 0. The number of aromatic nitrogens is 3. The van der Waals surface area contributed by atoms with Crippen LogP contribution in [0.1, 0.15) is 23.2 Å². The van der Waals surface area contributed by atoms with E-state index in [0.717, 1.165) is 30.4 Å². The van der Waals surface area contributed by atoms with Crippen molar-refractivity contribution >= 4 is 17.0 Å². The number of rotatable bonds is 7. The Morgan fingerprint density at radius 2 is 1.87 bits per heavy atom. The predicted octanol–water partition coefficient (Wildman–Crippen LogP) is 2.99. The smallest absolute Gasteiger partial charge is 0.339 e. The van der Waals surface area contributed by atoms with Crippen molar-refractivity contribution in [1.29, 1.82) is 0 Å². The lowest BCUT2D eigenvalue weighted by Gasteiger charge is -2.08. The molecule has 0 saturated carbocycles. The van der Waals surface area contributed by atoms with Crippen molar-refractivity contribution in [3.05, 3.63) is 54.1 Å². The molecule has 0 aliphatic carbocycles. The highest BCUT2D eigenvalue weighted by Gasteiger charge is 2.09. The van der Waals surface area contributed by atoms with Gasteiger partial charge in [0.2, 0.25) is 0 Å². The molecule has 0 spiro atoms. The monoisotopic (exact) mass is 311 g/mol. The number of benzene rings is 2. The highest BCUT2D eigenvalue weighted by Crippen LogP contribution is 2.18. The maximum Gasteiger partial charge on any atom is 0.339 e. The van der Waals surface area contributed by atoms with Gasteiger partial charge in [-0.25, -0.2) is 9.48 Å². The summed E-state index contributed by atoms with van der Waals surface area (Å²) in [5.41, 5.74) is 2.10. The van der Waals surface area contributed by atoms with Gasteiger partial charge >= 0.3 is 5.97 Å². The number of carboxylic acid groups (broad SMARTS) is 1. The standard InChI is InChI=1S/C17H17N3O3/c21-17(22)13-7-1-4-10-16(13)23-12-6-5-11-20-15-9-3-2-8-14(15)18-19-20/h1-4,7-10H,5-6,11-12H2,(H,21,22). The summed E-state index contributed by atoms with van der Waals surface area (Å²) in [6.45, 7) is 1.22. The first-order valence-electron chi connectivity index (χ1n) is 7.49. The number of para-hydroxylation sites is 2. The molecule has 6 nitrogen and oxygen atoms in total. The minimum Gasteiger partial charge on any atom is -0.493 e. The summed E-state index contributed by atoms with van der Waals surface area (Å²) in [6.07, 6.45) is 1.69.